The van der Waals surface area contributed by atoms with Gasteiger partial charge in [-0.3, -0.25) is 0 Å². The second kappa shape index (κ2) is 5.99. The van der Waals surface area contributed by atoms with Gasteiger partial charge in [0, 0.05) is 18.8 Å². The van der Waals surface area contributed by atoms with Crippen LogP contribution >= 0.6 is 0 Å². The maximum atomic E-state index is 10.4. The molecule has 3 rings (SSSR count). The number of aliphatic hydroxyl groups is 1. The first-order valence-corrected chi connectivity index (χ1v) is 7.29. The van der Waals surface area contributed by atoms with E-state index in [4.69, 9.17) is 5.26 Å². The molecule has 1 heterocycles. The smallest absolute Gasteiger partial charge is 0.0991 e. The van der Waals surface area contributed by atoms with E-state index in [1.54, 1.807) is 12.1 Å². The lowest BCUT2D eigenvalue weighted by molar-refractivity contribution is 0.183. The second-order valence-electron chi connectivity index (χ2n) is 5.43. The normalized spacial score (nSPS) is 15.1. The highest BCUT2D eigenvalue weighted by molar-refractivity contribution is 5.55. The molecule has 0 aromatic heterocycles. The average molecular weight is 278 g/mol. The molecule has 0 spiro atoms. The lowest BCUT2D eigenvalue weighted by Gasteiger charge is -2.33. The van der Waals surface area contributed by atoms with Crippen LogP contribution in [0.15, 0.2) is 48.5 Å². The quantitative estimate of drug-likeness (QED) is 0.938. The van der Waals surface area contributed by atoms with Gasteiger partial charge in [-0.2, -0.15) is 5.26 Å². The Labute approximate surface area is 125 Å². The van der Waals surface area contributed by atoms with Crippen LogP contribution in [0.3, 0.4) is 0 Å². The summed E-state index contributed by atoms with van der Waals surface area (Å²) in [5, 5.41) is 19.3. The van der Waals surface area contributed by atoms with E-state index in [0.717, 1.165) is 24.9 Å². The Morgan fingerprint density at radius 3 is 2.67 bits per heavy atom. The molecule has 0 aliphatic carbocycles. The molecule has 0 amide bonds. The monoisotopic (exact) mass is 278 g/mol. The molecular formula is C18H18N2O. The molecule has 0 radical (unpaired) electrons. The topological polar surface area (TPSA) is 47.3 Å². The minimum absolute atomic E-state index is 0.538. The van der Waals surface area contributed by atoms with Gasteiger partial charge in [-0.05, 0) is 42.2 Å². The molecule has 106 valence electrons. The van der Waals surface area contributed by atoms with Gasteiger partial charge in [-0.25, -0.2) is 0 Å². The van der Waals surface area contributed by atoms with Gasteiger partial charge in [-0.1, -0.05) is 30.3 Å². The Morgan fingerprint density at radius 2 is 1.90 bits per heavy atom. The van der Waals surface area contributed by atoms with Gasteiger partial charge in [0.2, 0.25) is 0 Å². The number of rotatable bonds is 3. The predicted octanol–water partition coefficient (Wildman–Crippen LogP) is 3.04. The molecule has 1 aliphatic heterocycles. The molecule has 0 bridgehead atoms. The maximum Gasteiger partial charge on any atom is 0.0991 e. The first-order chi connectivity index (χ1) is 10.3. The molecule has 1 unspecified atom stereocenters. The zero-order valence-corrected chi connectivity index (χ0v) is 11.9. The fourth-order valence-electron chi connectivity index (χ4n) is 2.90. The van der Waals surface area contributed by atoms with E-state index in [2.05, 4.69) is 29.2 Å². The van der Waals surface area contributed by atoms with Crippen molar-refractivity contribution in [3.05, 3.63) is 65.2 Å². The number of fused-ring (bicyclic) bond motifs is 1. The molecule has 1 N–H and O–H groups in total. The molecule has 0 fully saturated rings. The number of hydrogen-bond donors (Lipinski definition) is 1. The highest BCUT2D eigenvalue weighted by Crippen LogP contribution is 2.28. The van der Waals surface area contributed by atoms with Gasteiger partial charge in [0.05, 0.1) is 17.7 Å². The van der Waals surface area contributed by atoms with Crippen molar-refractivity contribution in [2.75, 3.05) is 18.0 Å². The molecule has 0 saturated carbocycles. The van der Waals surface area contributed by atoms with Crippen molar-refractivity contribution in [2.45, 2.75) is 18.9 Å². The summed E-state index contributed by atoms with van der Waals surface area (Å²) in [4.78, 5) is 2.25. The van der Waals surface area contributed by atoms with Crippen LogP contribution in [0.25, 0.3) is 0 Å². The van der Waals surface area contributed by atoms with Crippen molar-refractivity contribution >= 4 is 5.69 Å². The number of nitrogens with zero attached hydrogens (tertiary/aromatic N) is 2. The predicted molar refractivity (Wildman–Crippen MR) is 83.1 cm³/mol. The summed E-state index contributed by atoms with van der Waals surface area (Å²) in [6.45, 7) is 1.56. The highest BCUT2D eigenvalue weighted by Gasteiger charge is 2.19. The number of hydrogen-bond acceptors (Lipinski definition) is 3. The van der Waals surface area contributed by atoms with Crippen LogP contribution in [0.2, 0.25) is 0 Å². The van der Waals surface area contributed by atoms with Crippen LogP contribution in [-0.2, 0) is 6.42 Å². The van der Waals surface area contributed by atoms with Crippen molar-refractivity contribution in [3.8, 4) is 6.07 Å². The molecule has 2 aromatic carbocycles. The number of β-amino-alcohol motifs (C(OH)–C–C–N with tert-alkyl or cyclic N) is 1. The summed E-state index contributed by atoms with van der Waals surface area (Å²) in [5.41, 5.74) is 4.07. The van der Waals surface area contributed by atoms with Crippen LogP contribution < -0.4 is 4.90 Å². The molecular weight excluding hydrogens is 260 g/mol. The standard InChI is InChI=1S/C18H18N2O/c19-12-14-7-9-16(10-8-14)18(21)13-20-11-3-5-15-4-1-2-6-17(15)20/h1-2,4,6-10,18,21H,3,5,11,13H2. The van der Waals surface area contributed by atoms with Crippen LogP contribution in [0.5, 0.6) is 0 Å². The molecule has 3 heteroatoms. The van der Waals surface area contributed by atoms with E-state index >= 15 is 0 Å². The molecule has 2 aromatic rings. The van der Waals surface area contributed by atoms with Crippen LogP contribution in [0, 0.1) is 11.3 Å². The Balaban J connectivity index is 1.76. The molecule has 1 aliphatic rings. The summed E-state index contributed by atoms with van der Waals surface area (Å²) in [6.07, 6.45) is 1.69. The van der Waals surface area contributed by atoms with Crippen LogP contribution in [0.1, 0.15) is 29.2 Å². The van der Waals surface area contributed by atoms with Gasteiger partial charge in [0.1, 0.15) is 0 Å². The molecule has 21 heavy (non-hydrogen) atoms. The fraction of sp³-hybridized carbons (Fsp3) is 0.278. The summed E-state index contributed by atoms with van der Waals surface area (Å²) < 4.78 is 0. The zero-order chi connectivity index (χ0) is 14.7. The van der Waals surface area contributed by atoms with E-state index in [1.807, 2.05) is 18.2 Å². The van der Waals surface area contributed by atoms with Crippen molar-refractivity contribution in [2.24, 2.45) is 0 Å². The Kier molecular flexibility index (Phi) is 3.89. The zero-order valence-electron chi connectivity index (χ0n) is 11.9. The SMILES string of the molecule is N#Cc1ccc(C(O)CN2CCCc3ccccc32)cc1. The van der Waals surface area contributed by atoms with Crippen molar-refractivity contribution < 1.29 is 5.11 Å². The third-order valence-corrected chi connectivity index (χ3v) is 4.02. The Bertz CT molecular complexity index is 658. The van der Waals surface area contributed by atoms with Gasteiger partial charge in [0.15, 0.2) is 0 Å². The van der Waals surface area contributed by atoms with Gasteiger partial charge >= 0.3 is 0 Å². The van der Waals surface area contributed by atoms with E-state index in [9.17, 15) is 5.11 Å². The Hall–Kier alpha value is -2.31. The molecule has 0 saturated heterocycles. The minimum atomic E-state index is -0.538. The summed E-state index contributed by atoms with van der Waals surface area (Å²) in [6, 6.07) is 17.7. The number of aliphatic hydroxyl groups excluding tert-OH is 1. The maximum absolute atomic E-state index is 10.4. The van der Waals surface area contributed by atoms with Gasteiger partial charge in [0.25, 0.3) is 0 Å². The average Bonchev–Trinajstić information content (AvgIpc) is 2.55. The Morgan fingerprint density at radius 1 is 1.14 bits per heavy atom. The number of anilines is 1. The number of benzene rings is 2. The van der Waals surface area contributed by atoms with Gasteiger partial charge < -0.3 is 10.0 Å². The molecule has 3 nitrogen and oxygen atoms in total. The third kappa shape index (κ3) is 2.91. The number of nitriles is 1. The van der Waals surface area contributed by atoms with Crippen LogP contribution in [0.4, 0.5) is 5.69 Å². The van der Waals surface area contributed by atoms with Gasteiger partial charge in [-0.15, -0.1) is 0 Å². The van der Waals surface area contributed by atoms with E-state index in [1.165, 1.54) is 11.3 Å². The third-order valence-electron chi connectivity index (χ3n) is 4.02. The molecule has 1 atom stereocenters. The summed E-state index contributed by atoms with van der Waals surface area (Å²) in [5.74, 6) is 0. The second-order valence-corrected chi connectivity index (χ2v) is 5.43. The number of aryl methyl sites for hydroxylation is 1. The fourth-order valence-corrected chi connectivity index (χ4v) is 2.90. The summed E-state index contributed by atoms with van der Waals surface area (Å²) in [7, 11) is 0. The van der Waals surface area contributed by atoms with E-state index in [0.29, 0.717) is 12.1 Å². The number of para-hydroxylation sites is 1. The first-order valence-electron chi connectivity index (χ1n) is 7.29. The summed E-state index contributed by atoms with van der Waals surface area (Å²) >= 11 is 0. The van der Waals surface area contributed by atoms with Crippen molar-refractivity contribution in [3.63, 3.8) is 0 Å². The first kappa shape index (κ1) is 13.7. The van der Waals surface area contributed by atoms with Crippen molar-refractivity contribution in [1.82, 2.24) is 0 Å². The van der Waals surface area contributed by atoms with E-state index in [-0.39, 0.29) is 0 Å². The minimum Gasteiger partial charge on any atom is -0.387 e. The van der Waals surface area contributed by atoms with Crippen LogP contribution in [-0.4, -0.2) is 18.2 Å². The highest BCUT2D eigenvalue weighted by atomic mass is 16.3. The van der Waals surface area contributed by atoms with E-state index < -0.39 is 6.10 Å². The lowest BCUT2D eigenvalue weighted by atomic mass is 10.0. The van der Waals surface area contributed by atoms with Crippen molar-refractivity contribution in [1.29, 1.82) is 5.26 Å². The largest absolute Gasteiger partial charge is 0.387 e. The lowest BCUT2D eigenvalue weighted by Crippen LogP contribution is -2.33.